The molecule has 0 aromatic heterocycles. The van der Waals surface area contributed by atoms with Crippen LogP contribution in [0.4, 0.5) is 0 Å². The first-order chi connectivity index (χ1) is 17.2. The Morgan fingerprint density at radius 1 is 1.00 bits per heavy atom. The van der Waals surface area contributed by atoms with Crippen LogP contribution in [0.25, 0.3) is 0 Å². The summed E-state index contributed by atoms with van der Waals surface area (Å²) in [5.74, 6) is 3.76. The number of carbonyl (C=O) groups excluding carboxylic acids is 1. The van der Waals surface area contributed by atoms with E-state index < -0.39 is 0 Å². The normalized spacial score (nSPS) is 45.9. The van der Waals surface area contributed by atoms with Crippen LogP contribution in [0.1, 0.15) is 104 Å². The fourth-order valence-electron chi connectivity index (χ4n) is 10.3. The Bertz CT molecular complexity index is 769. The van der Waals surface area contributed by atoms with Crippen molar-refractivity contribution >= 4 is 5.91 Å². The van der Waals surface area contributed by atoms with Crippen LogP contribution < -0.4 is 5.32 Å². The van der Waals surface area contributed by atoms with Gasteiger partial charge in [0.1, 0.15) is 0 Å². The number of aliphatic hydroxyl groups excluding tert-OH is 2. The minimum absolute atomic E-state index is 0.0112. The number of nitrogens with zero attached hydrogens (tertiary/aromatic N) is 1. The van der Waals surface area contributed by atoms with Gasteiger partial charge in [-0.05, 0) is 130 Å². The van der Waals surface area contributed by atoms with Crippen LogP contribution in [0.5, 0.6) is 0 Å². The van der Waals surface area contributed by atoms with Gasteiger partial charge in [0.15, 0.2) is 0 Å². The summed E-state index contributed by atoms with van der Waals surface area (Å²) in [5, 5.41) is 25.2. The van der Waals surface area contributed by atoms with E-state index in [1.54, 1.807) is 0 Å². The maximum absolute atomic E-state index is 12.6. The van der Waals surface area contributed by atoms with Gasteiger partial charge in [0, 0.05) is 19.5 Å². The van der Waals surface area contributed by atoms with Crippen LogP contribution in [-0.2, 0) is 4.79 Å². The first-order valence-corrected chi connectivity index (χ1v) is 15.6. The summed E-state index contributed by atoms with van der Waals surface area (Å²) in [6, 6.07) is 0. The molecule has 5 heteroatoms. The quantitative estimate of drug-likeness (QED) is 0.458. The summed E-state index contributed by atoms with van der Waals surface area (Å²) in [6.45, 7) is 11.4. The molecule has 0 aromatic carbocycles. The van der Waals surface area contributed by atoms with Crippen molar-refractivity contribution in [2.75, 3.05) is 26.2 Å². The summed E-state index contributed by atoms with van der Waals surface area (Å²) in [6.07, 6.45) is 14.1. The predicted octanol–water partition coefficient (Wildman–Crippen LogP) is 5.00. The lowest BCUT2D eigenvalue weighted by atomic mass is 9.43. The molecule has 1 heterocycles. The number of amides is 1. The van der Waals surface area contributed by atoms with Crippen LogP contribution >= 0.6 is 0 Å². The molecule has 3 N–H and O–H groups in total. The number of hydrogen-bond donors (Lipinski definition) is 3. The van der Waals surface area contributed by atoms with E-state index in [0.717, 1.165) is 51.1 Å². The van der Waals surface area contributed by atoms with Crippen LogP contribution in [0.3, 0.4) is 0 Å². The molecule has 5 aliphatic rings. The first kappa shape index (κ1) is 26.9. The third-order valence-corrected chi connectivity index (χ3v) is 12.5. The molecule has 1 saturated heterocycles. The summed E-state index contributed by atoms with van der Waals surface area (Å²) in [4.78, 5) is 15.1. The minimum Gasteiger partial charge on any atom is -0.393 e. The fourth-order valence-corrected chi connectivity index (χ4v) is 10.3. The highest BCUT2D eigenvalue weighted by Gasteiger charge is 2.63. The van der Waals surface area contributed by atoms with Crippen molar-refractivity contribution < 1.29 is 15.0 Å². The zero-order valence-corrected chi connectivity index (χ0v) is 23.4. The van der Waals surface area contributed by atoms with Gasteiger partial charge >= 0.3 is 0 Å². The molecule has 36 heavy (non-hydrogen) atoms. The number of aliphatic hydroxyl groups is 2. The topological polar surface area (TPSA) is 72.8 Å². The highest BCUT2D eigenvalue weighted by molar-refractivity contribution is 5.75. The van der Waals surface area contributed by atoms with E-state index in [9.17, 15) is 15.0 Å². The molecular weight excluding hydrogens is 448 g/mol. The summed E-state index contributed by atoms with van der Waals surface area (Å²) in [7, 11) is 0. The van der Waals surface area contributed by atoms with Gasteiger partial charge in [-0.3, -0.25) is 4.79 Å². The lowest BCUT2D eigenvalue weighted by Crippen LogP contribution is -2.58. The third kappa shape index (κ3) is 4.91. The summed E-state index contributed by atoms with van der Waals surface area (Å²) in [5.41, 5.74) is 0.281. The van der Waals surface area contributed by atoms with Crippen molar-refractivity contribution in [2.45, 2.75) is 116 Å². The Kier molecular flexibility index (Phi) is 8.12. The zero-order chi connectivity index (χ0) is 25.5. The number of likely N-dealkylation sites (tertiary alicyclic amines) is 1. The SMILES string of the molecule is C[C@H](CCC(=O)NCCN1CCCCC1)[C@H]1CCC2C3CCC4C[C@H](O)CC[C@]4(C)C3C[C@H](O)[C@@]21C. The molecule has 206 valence electrons. The molecule has 0 radical (unpaired) electrons. The highest BCUT2D eigenvalue weighted by atomic mass is 16.3. The maximum atomic E-state index is 12.6. The summed E-state index contributed by atoms with van der Waals surface area (Å²) >= 11 is 0. The highest BCUT2D eigenvalue weighted by Crippen LogP contribution is 2.68. The van der Waals surface area contributed by atoms with Crippen molar-refractivity contribution in [1.82, 2.24) is 10.2 Å². The van der Waals surface area contributed by atoms with Gasteiger partial charge in [0.05, 0.1) is 12.2 Å². The summed E-state index contributed by atoms with van der Waals surface area (Å²) < 4.78 is 0. The van der Waals surface area contributed by atoms with Gasteiger partial charge in [0.25, 0.3) is 0 Å². The van der Waals surface area contributed by atoms with Gasteiger partial charge in [0.2, 0.25) is 5.91 Å². The van der Waals surface area contributed by atoms with E-state index in [1.807, 2.05) is 0 Å². The minimum atomic E-state index is -0.237. The van der Waals surface area contributed by atoms with Gasteiger partial charge in [-0.15, -0.1) is 0 Å². The average molecular weight is 503 g/mol. The van der Waals surface area contributed by atoms with Crippen molar-refractivity contribution in [2.24, 2.45) is 46.3 Å². The second-order valence-corrected chi connectivity index (χ2v) is 14.2. The smallest absolute Gasteiger partial charge is 0.220 e. The Labute approximate surface area is 220 Å². The zero-order valence-electron chi connectivity index (χ0n) is 23.4. The van der Waals surface area contributed by atoms with E-state index in [-0.39, 0.29) is 23.5 Å². The Balaban J connectivity index is 1.16. The molecule has 0 spiro atoms. The van der Waals surface area contributed by atoms with Gasteiger partial charge in [-0.25, -0.2) is 0 Å². The second kappa shape index (κ2) is 10.8. The average Bonchev–Trinajstić information content (AvgIpc) is 3.23. The van der Waals surface area contributed by atoms with Gasteiger partial charge in [-0.1, -0.05) is 27.2 Å². The molecule has 5 fully saturated rings. The third-order valence-electron chi connectivity index (χ3n) is 12.5. The van der Waals surface area contributed by atoms with Crippen LogP contribution in [0, 0.1) is 46.3 Å². The molecule has 0 bridgehead atoms. The van der Waals surface area contributed by atoms with E-state index in [2.05, 4.69) is 31.0 Å². The molecule has 5 rings (SSSR count). The molecule has 10 atom stereocenters. The second-order valence-electron chi connectivity index (χ2n) is 14.2. The van der Waals surface area contributed by atoms with Gasteiger partial charge < -0.3 is 20.4 Å². The molecule has 5 nitrogen and oxygen atoms in total. The molecular formula is C31H54N2O3. The Hall–Kier alpha value is -0.650. The van der Waals surface area contributed by atoms with E-state index in [1.165, 1.54) is 58.0 Å². The number of carbonyl (C=O) groups is 1. The molecule has 0 aromatic rings. The lowest BCUT2D eigenvalue weighted by Gasteiger charge is -2.62. The van der Waals surface area contributed by atoms with Crippen LogP contribution in [0.15, 0.2) is 0 Å². The van der Waals surface area contributed by atoms with Crippen LogP contribution in [0.2, 0.25) is 0 Å². The molecule has 4 aliphatic carbocycles. The number of piperidine rings is 1. The van der Waals surface area contributed by atoms with Gasteiger partial charge in [-0.2, -0.15) is 0 Å². The maximum Gasteiger partial charge on any atom is 0.220 e. The van der Waals surface area contributed by atoms with Crippen molar-refractivity contribution in [3.63, 3.8) is 0 Å². The van der Waals surface area contributed by atoms with E-state index >= 15 is 0 Å². The standard InChI is InChI=1S/C31H54N2O3/c1-21(7-12-29(36)32-15-18-33-16-5-4-6-17-33)25-10-11-26-24-9-8-22-19-23(34)13-14-30(22,2)27(24)20-28(35)31(25,26)3/h21-28,34-35H,4-20H2,1-3H3,(H,32,36)/t21-,22?,23-,24?,25-,26?,27?,28+,30+,31-/m1/s1. The van der Waals surface area contributed by atoms with Crippen molar-refractivity contribution in [1.29, 1.82) is 0 Å². The monoisotopic (exact) mass is 502 g/mol. The van der Waals surface area contributed by atoms with E-state index in [4.69, 9.17) is 0 Å². The van der Waals surface area contributed by atoms with Crippen LogP contribution in [-0.4, -0.2) is 59.4 Å². The Morgan fingerprint density at radius 2 is 1.78 bits per heavy atom. The molecule has 4 saturated carbocycles. The Morgan fingerprint density at radius 3 is 2.56 bits per heavy atom. The molecule has 1 aliphatic heterocycles. The lowest BCUT2D eigenvalue weighted by molar-refractivity contribution is -0.174. The predicted molar refractivity (Wildman–Crippen MR) is 144 cm³/mol. The number of nitrogens with one attached hydrogen (secondary N) is 1. The van der Waals surface area contributed by atoms with Crippen molar-refractivity contribution in [3.8, 4) is 0 Å². The number of hydrogen-bond acceptors (Lipinski definition) is 4. The molecule has 4 unspecified atom stereocenters. The number of rotatable bonds is 7. The molecule has 1 amide bonds. The van der Waals surface area contributed by atoms with Crippen molar-refractivity contribution in [3.05, 3.63) is 0 Å². The largest absolute Gasteiger partial charge is 0.393 e. The van der Waals surface area contributed by atoms with E-state index in [0.29, 0.717) is 41.4 Å². The number of fused-ring (bicyclic) bond motifs is 5. The fraction of sp³-hybridized carbons (Fsp3) is 0.968. The first-order valence-electron chi connectivity index (χ1n) is 15.6.